The Bertz CT molecular complexity index is 712. The molecule has 0 spiro atoms. The molecule has 2 aromatic rings. The van der Waals surface area contributed by atoms with Gasteiger partial charge >= 0.3 is 6.03 Å². The van der Waals surface area contributed by atoms with Crippen LogP contribution in [0.5, 0.6) is 0 Å². The van der Waals surface area contributed by atoms with Crippen LogP contribution in [-0.2, 0) is 17.9 Å². The number of hydrogen-bond acceptors (Lipinski definition) is 3. The van der Waals surface area contributed by atoms with E-state index in [4.69, 9.17) is 16.3 Å². The fourth-order valence-electron chi connectivity index (χ4n) is 2.68. The van der Waals surface area contributed by atoms with Crippen LogP contribution < -0.4 is 10.6 Å². The second-order valence-electron chi connectivity index (χ2n) is 6.12. The van der Waals surface area contributed by atoms with Crippen LogP contribution in [-0.4, -0.2) is 34.3 Å². The van der Waals surface area contributed by atoms with Crippen molar-refractivity contribution in [2.24, 2.45) is 0 Å². The third-order valence-corrected chi connectivity index (χ3v) is 4.07. The highest BCUT2D eigenvalue weighted by molar-refractivity contribution is 6.30. The molecule has 24 heavy (non-hydrogen) atoms. The third kappa shape index (κ3) is 3.88. The number of amides is 2. The van der Waals surface area contributed by atoms with Crippen molar-refractivity contribution in [1.29, 1.82) is 0 Å². The molecule has 1 aliphatic rings. The minimum absolute atomic E-state index is 0.0873. The topological polar surface area (TPSA) is 68.2 Å². The van der Waals surface area contributed by atoms with Crippen LogP contribution in [0.15, 0.2) is 30.5 Å². The number of urea groups is 1. The predicted molar refractivity (Wildman–Crippen MR) is 92.9 cm³/mol. The molecule has 0 saturated heterocycles. The van der Waals surface area contributed by atoms with Crippen LogP contribution in [0.25, 0.3) is 11.3 Å². The van der Waals surface area contributed by atoms with Gasteiger partial charge in [0.05, 0.1) is 24.5 Å². The van der Waals surface area contributed by atoms with Gasteiger partial charge in [-0.3, -0.25) is 0 Å². The Morgan fingerprint density at radius 1 is 1.42 bits per heavy atom. The summed E-state index contributed by atoms with van der Waals surface area (Å²) in [5.74, 6) is 0.892. The quantitative estimate of drug-likeness (QED) is 0.892. The average molecular weight is 349 g/mol. The number of nitrogens with one attached hydrogen (secondary N) is 2. The van der Waals surface area contributed by atoms with E-state index >= 15 is 0 Å². The number of imidazole rings is 1. The number of nitrogens with zero attached hydrogens (tertiary/aromatic N) is 2. The number of halogens is 1. The van der Waals surface area contributed by atoms with E-state index in [1.54, 1.807) is 0 Å². The monoisotopic (exact) mass is 348 g/mol. The first-order valence-electron chi connectivity index (χ1n) is 7.99. The van der Waals surface area contributed by atoms with Crippen LogP contribution in [0.2, 0.25) is 5.02 Å². The van der Waals surface area contributed by atoms with Crippen molar-refractivity contribution in [2.45, 2.75) is 39.1 Å². The van der Waals surface area contributed by atoms with Gasteiger partial charge in [0.2, 0.25) is 0 Å². The number of ether oxygens (including phenoxy) is 1. The third-order valence-electron chi connectivity index (χ3n) is 3.82. The zero-order valence-corrected chi connectivity index (χ0v) is 14.5. The second-order valence-corrected chi connectivity index (χ2v) is 6.56. The molecule has 1 unspecified atom stereocenters. The summed E-state index contributed by atoms with van der Waals surface area (Å²) in [7, 11) is 0. The van der Waals surface area contributed by atoms with Crippen molar-refractivity contribution in [2.75, 3.05) is 6.54 Å². The highest BCUT2D eigenvalue weighted by Crippen LogP contribution is 2.25. The van der Waals surface area contributed by atoms with Gasteiger partial charge in [0.15, 0.2) is 0 Å². The number of rotatable bonds is 4. The number of benzene rings is 1. The molecule has 6 nitrogen and oxygen atoms in total. The van der Waals surface area contributed by atoms with E-state index in [0.717, 1.165) is 17.1 Å². The standard InChI is InChI=1S/C17H21ClN4O2/c1-11(2)21-17(23)20-7-14-9-22-15(8-19-16(22)10-24-14)12-3-5-13(18)6-4-12/h3-6,8,11,14H,7,9-10H2,1-2H3,(H2,20,21,23). The minimum atomic E-state index is -0.178. The van der Waals surface area contributed by atoms with Crippen molar-refractivity contribution < 1.29 is 9.53 Å². The number of aromatic nitrogens is 2. The van der Waals surface area contributed by atoms with E-state index in [1.807, 2.05) is 44.3 Å². The summed E-state index contributed by atoms with van der Waals surface area (Å²) in [6, 6.07) is 7.62. The Hall–Kier alpha value is -2.05. The Labute approximate surface area is 146 Å². The van der Waals surface area contributed by atoms with Crippen molar-refractivity contribution in [3.63, 3.8) is 0 Å². The maximum absolute atomic E-state index is 11.7. The van der Waals surface area contributed by atoms with Gasteiger partial charge in [0.25, 0.3) is 0 Å². The lowest BCUT2D eigenvalue weighted by molar-refractivity contribution is 0.00489. The number of carbonyl (C=O) groups excluding carboxylic acids is 1. The summed E-state index contributed by atoms with van der Waals surface area (Å²) in [6.07, 6.45) is 1.76. The molecular formula is C17H21ClN4O2. The van der Waals surface area contributed by atoms with E-state index in [1.165, 1.54) is 0 Å². The molecule has 0 saturated carbocycles. The van der Waals surface area contributed by atoms with Gasteiger partial charge in [-0.15, -0.1) is 0 Å². The number of hydrogen-bond donors (Lipinski definition) is 2. The Morgan fingerprint density at radius 3 is 2.88 bits per heavy atom. The summed E-state index contributed by atoms with van der Waals surface area (Å²) in [5, 5.41) is 6.36. The summed E-state index contributed by atoms with van der Waals surface area (Å²) in [5.41, 5.74) is 2.09. The smallest absolute Gasteiger partial charge is 0.315 e. The average Bonchev–Trinajstić information content (AvgIpc) is 2.96. The van der Waals surface area contributed by atoms with Crippen molar-refractivity contribution in [1.82, 2.24) is 20.2 Å². The molecule has 7 heteroatoms. The molecule has 0 bridgehead atoms. The number of carbonyl (C=O) groups is 1. The van der Waals surface area contributed by atoms with Gasteiger partial charge in [0.1, 0.15) is 12.4 Å². The summed E-state index contributed by atoms with van der Waals surface area (Å²) in [4.78, 5) is 16.1. The van der Waals surface area contributed by atoms with Gasteiger partial charge in [-0.25, -0.2) is 9.78 Å². The second kappa shape index (κ2) is 7.23. The van der Waals surface area contributed by atoms with Gasteiger partial charge in [-0.1, -0.05) is 23.7 Å². The molecule has 1 aromatic heterocycles. The molecule has 0 aliphatic carbocycles. The molecule has 3 rings (SSSR count). The lowest BCUT2D eigenvalue weighted by Gasteiger charge is -2.26. The normalized spacial score (nSPS) is 16.8. The summed E-state index contributed by atoms with van der Waals surface area (Å²) < 4.78 is 7.92. The van der Waals surface area contributed by atoms with E-state index in [-0.39, 0.29) is 18.2 Å². The molecule has 2 amide bonds. The molecular weight excluding hydrogens is 328 g/mol. The minimum Gasteiger partial charge on any atom is -0.367 e. The first-order valence-corrected chi connectivity index (χ1v) is 8.37. The van der Waals surface area contributed by atoms with E-state index in [0.29, 0.717) is 24.7 Å². The zero-order valence-electron chi connectivity index (χ0n) is 13.8. The Balaban J connectivity index is 1.68. The first kappa shape index (κ1) is 16.8. The molecule has 128 valence electrons. The molecule has 0 radical (unpaired) electrons. The van der Waals surface area contributed by atoms with Gasteiger partial charge in [0, 0.05) is 17.6 Å². The zero-order chi connectivity index (χ0) is 17.1. The van der Waals surface area contributed by atoms with Crippen LogP contribution in [0.3, 0.4) is 0 Å². The highest BCUT2D eigenvalue weighted by atomic mass is 35.5. The molecule has 1 atom stereocenters. The Morgan fingerprint density at radius 2 is 2.17 bits per heavy atom. The molecule has 0 fully saturated rings. The van der Waals surface area contributed by atoms with Crippen molar-refractivity contribution in [3.8, 4) is 11.3 Å². The molecule has 1 aromatic carbocycles. The van der Waals surface area contributed by atoms with Crippen LogP contribution in [0.1, 0.15) is 19.7 Å². The van der Waals surface area contributed by atoms with Gasteiger partial charge in [-0.2, -0.15) is 0 Å². The lowest BCUT2D eigenvalue weighted by atomic mass is 10.1. The maximum Gasteiger partial charge on any atom is 0.315 e. The van der Waals surface area contributed by atoms with Crippen LogP contribution in [0, 0.1) is 0 Å². The van der Waals surface area contributed by atoms with E-state index in [9.17, 15) is 4.79 Å². The Kier molecular flexibility index (Phi) is 5.06. The summed E-state index contributed by atoms with van der Waals surface area (Å²) >= 11 is 5.96. The lowest BCUT2D eigenvalue weighted by Crippen LogP contribution is -2.45. The molecule has 1 aliphatic heterocycles. The molecule has 2 heterocycles. The highest BCUT2D eigenvalue weighted by Gasteiger charge is 2.23. The SMILES string of the molecule is CC(C)NC(=O)NCC1Cn2c(-c3ccc(Cl)cc3)cnc2CO1. The molecule has 2 N–H and O–H groups in total. The first-order chi connectivity index (χ1) is 11.5. The van der Waals surface area contributed by atoms with Crippen molar-refractivity contribution in [3.05, 3.63) is 41.3 Å². The van der Waals surface area contributed by atoms with Crippen molar-refractivity contribution >= 4 is 17.6 Å². The summed E-state index contributed by atoms with van der Waals surface area (Å²) in [6.45, 7) is 5.39. The van der Waals surface area contributed by atoms with Crippen LogP contribution in [0.4, 0.5) is 4.79 Å². The fraction of sp³-hybridized carbons (Fsp3) is 0.412. The fourth-order valence-corrected chi connectivity index (χ4v) is 2.80. The van der Waals surface area contributed by atoms with E-state index in [2.05, 4.69) is 20.2 Å². The van der Waals surface area contributed by atoms with Gasteiger partial charge < -0.3 is 19.9 Å². The maximum atomic E-state index is 11.7. The largest absolute Gasteiger partial charge is 0.367 e. The van der Waals surface area contributed by atoms with Crippen LogP contribution >= 0.6 is 11.6 Å². The van der Waals surface area contributed by atoms with Gasteiger partial charge in [-0.05, 0) is 31.5 Å². The predicted octanol–water partition coefficient (Wildman–Crippen LogP) is 2.81. The van der Waals surface area contributed by atoms with E-state index < -0.39 is 0 Å². The number of fused-ring (bicyclic) bond motifs is 1.